The molecular formula is C3H10OP2. The molecule has 0 amide bonds. The van der Waals surface area contributed by atoms with Gasteiger partial charge in [0.05, 0.1) is 0 Å². The average molecular weight is 124 g/mol. The number of hydrogen-bond donors (Lipinski definition) is 1. The highest BCUT2D eigenvalue weighted by molar-refractivity contribution is 7.65. The van der Waals surface area contributed by atoms with Crippen LogP contribution in [-0.2, 0) is 0 Å². The highest BCUT2D eigenvalue weighted by atomic mass is 31.2. The molecule has 1 unspecified atom stereocenters. The molecule has 0 bridgehead atoms. The zero-order valence-corrected chi connectivity index (χ0v) is 6.00. The molecule has 0 radical (unpaired) electrons. The van der Waals surface area contributed by atoms with Crippen LogP contribution in [0.3, 0.4) is 0 Å². The fraction of sp³-hybridized carbons (Fsp3) is 1.00. The van der Waals surface area contributed by atoms with Crippen molar-refractivity contribution in [2.24, 2.45) is 0 Å². The van der Waals surface area contributed by atoms with Crippen molar-refractivity contribution in [3.63, 3.8) is 0 Å². The Hall–Kier alpha value is 0.820. The molecule has 1 nitrogen and oxygen atoms in total. The molecule has 38 valence electrons. The van der Waals surface area contributed by atoms with Crippen LogP contribution in [0.15, 0.2) is 0 Å². The van der Waals surface area contributed by atoms with Crippen LogP contribution in [0.5, 0.6) is 0 Å². The van der Waals surface area contributed by atoms with Gasteiger partial charge in [0, 0.05) is 14.7 Å². The van der Waals surface area contributed by atoms with E-state index in [0.717, 1.165) is 5.90 Å². The first kappa shape index (κ1) is 6.82. The van der Waals surface area contributed by atoms with Gasteiger partial charge in [0.1, 0.15) is 0 Å². The van der Waals surface area contributed by atoms with E-state index in [0.29, 0.717) is 0 Å². The second kappa shape index (κ2) is 3.99. The summed E-state index contributed by atoms with van der Waals surface area (Å²) >= 11 is 0. The molecule has 0 aromatic carbocycles. The van der Waals surface area contributed by atoms with E-state index in [2.05, 4.69) is 13.3 Å². The standard InChI is InChI=1S/C3H10OP2/c1-6(2)3-5-4/h4-5H,3H2,1-2H3. The predicted molar refractivity (Wildman–Crippen MR) is 34.2 cm³/mol. The fourth-order valence-electron chi connectivity index (χ4n) is 0.141. The smallest absolute Gasteiger partial charge is 0.0150 e. The van der Waals surface area contributed by atoms with Gasteiger partial charge in [0.2, 0.25) is 0 Å². The molecule has 0 aliphatic heterocycles. The summed E-state index contributed by atoms with van der Waals surface area (Å²) in [5.41, 5.74) is 0. The second-order valence-electron chi connectivity index (χ2n) is 1.40. The molecule has 0 heterocycles. The molecule has 6 heavy (non-hydrogen) atoms. The minimum absolute atomic E-state index is 0.162. The molecule has 0 spiro atoms. The van der Waals surface area contributed by atoms with Crippen molar-refractivity contribution in [3.05, 3.63) is 0 Å². The van der Waals surface area contributed by atoms with Crippen molar-refractivity contribution in [2.75, 3.05) is 19.2 Å². The SMILES string of the molecule is CP(C)CPO. The zero-order chi connectivity index (χ0) is 4.99. The van der Waals surface area contributed by atoms with E-state index in [-0.39, 0.29) is 16.7 Å². The second-order valence-corrected chi connectivity index (χ2v) is 5.14. The topological polar surface area (TPSA) is 20.2 Å². The third kappa shape index (κ3) is 4.82. The van der Waals surface area contributed by atoms with Gasteiger partial charge in [-0.2, -0.15) is 0 Å². The van der Waals surface area contributed by atoms with E-state index in [1.807, 2.05) is 0 Å². The van der Waals surface area contributed by atoms with Gasteiger partial charge >= 0.3 is 0 Å². The Morgan fingerprint density at radius 2 is 2.17 bits per heavy atom. The third-order valence-electron chi connectivity index (χ3n) is 0.387. The first-order valence-corrected chi connectivity index (χ1v) is 5.36. The van der Waals surface area contributed by atoms with Crippen LogP contribution < -0.4 is 0 Å². The minimum Gasteiger partial charge on any atom is -0.377 e. The van der Waals surface area contributed by atoms with Crippen LogP contribution in [0.2, 0.25) is 0 Å². The molecule has 0 rings (SSSR count). The summed E-state index contributed by atoms with van der Waals surface area (Å²) in [6, 6.07) is 0. The van der Waals surface area contributed by atoms with Gasteiger partial charge in [-0.1, -0.05) is 0 Å². The van der Waals surface area contributed by atoms with E-state index in [9.17, 15) is 0 Å². The largest absolute Gasteiger partial charge is 0.377 e. The van der Waals surface area contributed by atoms with Gasteiger partial charge in [0.25, 0.3) is 0 Å². The summed E-state index contributed by atoms with van der Waals surface area (Å²) in [5, 5.41) is 0. The van der Waals surface area contributed by atoms with Crippen molar-refractivity contribution in [2.45, 2.75) is 0 Å². The molecule has 0 aromatic heterocycles. The summed E-state index contributed by atoms with van der Waals surface area (Å²) in [5.74, 6) is 1.02. The van der Waals surface area contributed by atoms with Gasteiger partial charge in [-0.15, -0.1) is 7.92 Å². The van der Waals surface area contributed by atoms with E-state index >= 15 is 0 Å². The molecule has 1 atom stereocenters. The summed E-state index contributed by atoms with van der Waals surface area (Å²) in [4.78, 5) is 8.28. The lowest BCUT2D eigenvalue weighted by atomic mass is 11.8. The monoisotopic (exact) mass is 124 g/mol. The van der Waals surface area contributed by atoms with Gasteiger partial charge in [-0.25, -0.2) is 0 Å². The Morgan fingerprint density at radius 3 is 2.17 bits per heavy atom. The Bertz CT molecular complexity index is 30.0. The summed E-state index contributed by atoms with van der Waals surface area (Å²) in [7, 11) is 0.329. The lowest BCUT2D eigenvalue weighted by Gasteiger charge is -1.96. The highest BCUT2D eigenvalue weighted by Gasteiger charge is 1.85. The van der Waals surface area contributed by atoms with Crippen LogP contribution in [-0.4, -0.2) is 24.1 Å². The lowest BCUT2D eigenvalue weighted by Crippen LogP contribution is -1.65. The molecule has 0 aliphatic carbocycles. The van der Waals surface area contributed by atoms with Crippen LogP contribution >= 0.6 is 16.7 Å². The quantitative estimate of drug-likeness (QED) is 0.549. The van der Waals surface area contributed by atoms with Crippen LogP contribution in [0, 0.1) is 0 Å². The van der Waals surface area contributed by atoms with Crippen molar-refractivity contribution < 1.29 is 4.89 Å². The average Bonchev–Trinajstić information content (AvgIpc) is 1.35. The predicted octanol–water partition coefficient (Wildman–Crippen LogP) is 1.27. The van der Waals surface area contributed by atoms with E-state index in [1.54, 1.807) is 0 Å². The zero-order valence-electron chi connectivity index (χ0n) is 4.10. The van der Waals surface area contributed by atoms with Gasteiger partial charge in [-0.05, 0) is 13.3 Å². The van der Waals surface area contributed by atoms with Crippen LogP contribution in [0.25, 0.3) is 0 Å². The van der Waals surface area contributed by atoms with Gasteiger partial charge < -0.3 is 4.89 Å². The molecular weight excluding hydrogens is 114 g/mol. The maximum atomic E-state index is 8.28. The number of hydrogen-bond acceptors (Lipinski definition) is 1. The van der Waals surface area contributed by atoms with Crippen molar-refractivity contribution in [1.82, 2.24) is 0 Å². The van der Waals surface area contributed by atoms with E-state index in [4.69, 9.17) is 4.89 Å². The fourth-order valence-corrected chi connectivity index (χ4v) is 1.27. The lowest BCUT2D eigenvalue weighted by molar-refractivity contribution is 0.650. The molecule has 0 aromatic rings. The van der Waals surface area contributed by atoms with Crippen molar-refractivity contribution in [1.29, 1.82) is 0 Å². The maximum Gasteiger partial charge on any atom is 0.0150 e. The normalized spacial score (nSPS) is 12.0. The molecule has 0 saturated heterocycles. The molecule has 0 fully saturated rings. The summed E-state index contributed by atoms with van der Waals surface area (Å²) in [6.45, 7) is 4.33. The Kier molecular flexibility index (Phi) is 4.54. The third-order valence-corrected chi connectivity index (χ3v) is 3.48. The Labute approximate surface area is 41.8 Å². The summed E-state index contributed by atoms with van der Waals surface area (Å²) < 4.78 is 0. The van der Waals surface area contributed by atoms with E-state index in [1.165, 1.54) is 0 Å². The first-order valence-electron chi connectivity index (χ1n) is 1.79. The molecule has 1 N–H and O–H groups in total. The molecule has 0 aliphatic rings. The first-order chi connectivity index (χ1) is 2.77. The van der Waals surface area contributed by atoms with Gasteiger partial charge in [-0.3, -0.25) is 0 Å². The summed E-state index contributed by atoms with van der Waals surface area (Å²) in [6.07, 6.45) is 0. The Balaban J connectivity index is 2.63. The highest BCUT2D eigenvalue weighted by Crippen LogP contribution is 2.30. The van der Waals surface area contributed by atoms with E-state index < -0.39 is 0 Å². The molecule has 0 saturated carbocycles. The van der Waals surface area contributed by atoms with Crippen molar-refractivity contribution >= 4 is 16.7 Å². The number of rotatable bonds is 2. The van der Waals surface area contributed by atoms with Crippen molar-refractivity contribution in [3.8, 4) is 0 Å². The van der Waals surface area contributed by atoms with Crippen LogP contribution in [0.1, 0.15) is 0 Å². The molecule has 3 heteroatoms. The Morgan fingerprint density at radius 1 is 1.67 bits per heavy atom. The minimum atomic E-state index is 0.162. The van der Waals surface area contributed by atoms with Crippen LogP contribution in [0.4, 0.5) is 0 Å². The maximum absolute atomic E-state index is 8.28. The van der Waals surface area contributed by atoms with Gasteiger partial charge in [0.15, 0.2) is 0 Å².